The summed E-state index contributed by atoms with van der Waals surface area (Å²) in [5.74, 6) is 0.166. The van der Waals surface area contributed by atoms with Gasteiger partial charge in [-0.2, -0.15) is 0 Å². The molecule has 0 unspecified atom stereocenters. The summed E-state index contributed by atoms with van der Waals surface area (Å²) in [4.78, 5) is 32.0. The summed E-state index contributed by atoms with van der Waals surface area (Å²) in [7, 11) is 1.60. The Balaban J connectivity index is 1.91. The molecular formula is C23H24N2O4S. The van der Waals surface area contributed by atoms with Gasteiger partial charge in [-0.25, -0.2) is 9.78 Å². The molecule has 7 heteroatoms. The first-order chi connectivity index (χ1) is 14.5. The maximum absolute atomic E-state index is 13.3. The lowest BCUT2D eigenvalue weighted by molar-refractivity contribution is -0.118. The molecule has 1 aromatic heterocycles. The van der Waals surface area contributed by atoms with Gasteiger partial charge in [0.25, 0.3) is 0 Å². The highest BCUT2D eigenvalue weighted by Gasteiger charge is 2.24. The van der Waals surface area contributed by atoms with Crippen LogP contribution in [0.5, 0.6) is 5.75 Å². The zero-order valence-electron chi connectivity index (χ0n) is 17.3. The molecule has 0 bridgehead atoms. The number of esters is 1. The Morgan fingerprint density at radius 3 is 2.50 bits per heavy atom. The maximum atomic E-state index is 13.3. The van der Waals surface area contributed by atoms with E-state index in [1.807, 2.05) is 54.6 Å². The number of benzene rings is 2. The number of nitrogens with zero attached hydrogens (tertiary/aromatic N) is 2. The number of anilines is 1. The van der Waals surface area contributed by atoms with Crippen molar-refractivity contribution in [1.82, 2.24) is 4.98 Å². The second-order valence-corrected chi connectivity index (χ2v) is 7.60. The Kier molecular flexibility index (Phi) is 7.19. The van der Waals surface area contributed by atoms with Gasteiger partial charge >= 0.3 is 5.97 Å². The van der Waals surface area contributed by atoms with Crippen LogP contribution in [-0.4, -0.2) is 30.6 Å². The Morgan fingerprint density at radius 2 is 1.80 bits per heavy atom. The molecule has 6 nitrogen and oxygen atoms in total. The zero-order chi connectivity index (χ0) is 21.5. The van der Waals surface area contributed by atoms with Gasteiger partial charge in [-0.15, -0.1) is 0 Å². The molecule has 0 saturated carbocycles. The number of carbonyl (C=O) groups excluding carboxylic acids is 2. The second-order valence-electron chi connectivity index (χ2n) is 6.63. The van der Waals surface area contributed by atoms with Crippen molar-refractivity contribution in [3.05, 3.63) is 76.3 Å². The summed E-state index contributed by atoms with van der Waals surface area (Å²) in [6.45, 7) is 4.15. The van der Waals surface area contributed by atoms with Crippen LogP contribution in [0.4, 0.5) is 5.13 Å². The number of aryl methyl sites for hydroxylation is 1. The minimum atomic E-state index is -0.418. The van der Waals surface area contributed by atoms with E-state index in [1.165, 1.54) is 11.3 Å². The summed E-state index contributed by atoms with van der Waals surface area (Å²) in [5.41, 5.74) is 2.37. The van der Waals surface area contributed by atoms with Gasteiger partial charge in [-0.05, 0) is 37.1 Å². The first kappa shape index (κ1) is 21.5. The molecule has 0 N–H and O–H groups in total. The second kappa shape index (κ2) is 10.0. The third-order valence-electron chi connectivity index (χ3n) is 4.45. The number of ether oxygens (including phenoxy) is 2. The summed E-state index contributed by atoms with van der Waals surface area (Å²) in [6.07, 6.45) is 0.192. The third kappa shape index (κ3) is 5.24. The van der Waals surface area contributed by atoms with Crippen LogP contribution in [0, 0.1) is 6.92 Å². The van der Waals surface area contributed by atoms with E-state index in [9.17, 15) is 9.59 Å². The topological polar surface area (TPSA) is 68.7 Å². The van der Waals surface area contributed by atoms with Crippen molar-refractivity contribution in [3.63, 3.8) is 0 Å². The smallest absolute Gasteiger partial charge is 0.350 e. The largest absolute Gasteiger partial charge is 0.497 e. The van der Waals surface area contributed by atoms with Crippen LogP contribution >= 0.6 is 11.3 Å². The summed E-state index contributed by atoms with van der Waals surface area (Å²) >= 11 is 1.18. The Labute approximate surface area is 180 Å². The number of thiazole rings is 1. The zero-order valence-corrected chi connectivity index (χ0v) is 18.1. The van der Waals surface area contributed by atoms with Crippen molar-refractivity contribution in [2.45, 2.75) is 26.8 Å². The molecule has 0 aliphatic carbocycles. The van der Waals surface area contributed by atoms with Crippen LogP contribution in [0.15, 0.2) is 54.6 Å². The van der Waals surface area contributed by atoms with Crippen LogP contribution < -0.4 is 9.64 Å². The number of aromatic nitrogens is 1. The van der Waals surface area contributed by atoms with E-state index in [1.54, 1.807) is 25.9 Å². The summed E-state index contributed by atoms with van der Waals surface area (Å²) < 4.78 is 10.4. The fourth-order valence-corrected chi connectivity index (χ4v) is 3.94. The van der Waals surface area contributed by atoms with Crippen molar-refractivity contribution in [1.29, 1.82) is 0 Å². The van der Waals surface area contributed by atoms with Gasteiger partial charge in [-0.3, -0.25) is 9.69 Å². The molecule has 0 aliphatic heterocycles. The molecule has 0 atom stereocenters. The molecule has 1 heterocycles. The van der Waals surface area contributed by atoms with E-state index in [2.05, 4.69) is 4.98 Å². The van der Waals surface area contributed by atoms with Gasteiger partial charge in [-0.1, -0.05) is 53.8 Å². The lowest BCUT2D eigenvalue weighted by Crippen LogP contribution is -2.31. The monoisotopic (exact) mass is 424 g/mol. The fourth-order valence-electron chi connectivity index (χ4n) is 2.96. The van der Waals surface area contributed by atoms with Crippen LogP contribution in [0.25, 0.3) is 0 Å². The normalized spacial score (nSPS) is 10.5. The van der Waals surface area contributed by atoms with Gasteiger partial charge in [0, 0.05) is 0 Å². The highest BCUT2D eigenvalue weighted by atomic mass is 32.1. The molecular weight excluding hydrogens is 400 g/mol. The van der Waals surface area contributed by atoms with Gasteiger partial charge in [0.15, 0.2) is 5.13 Å². The van der Waals surface area contributed by atoms with E-state index in [4.69, 9.17) is 9.47 Å². The number of hydrogen-bond acceptors (Lipinski definition) is 6. The average molecular weight is 425 g/mol. The Morgan fingerprint density at radius 1 is 1.07 bits per heavy atom. The predicted octanol–water partition coefficient (Wildman–Crippen LogP) is 4.41. The van der Waals surface area contributed by atoms with Crippen molar-refractivity contribution < 1.29 is 19.1 Å². The van der Waals surface area contributed by atoms with Gasteiger partial charge in [0.05, 0.1) is 32.4 Å². The minimum Gasteiger partial charge on any atom is -0.497 e. The van der Waals surface area contributed by atoms with E-state index in [-0.39, 0.29) is 18.9 Å². The van der Waals surface area contributed by atoms with Gasteiger partial charge < -0.3 is 9.47 Å². The van der Waals surface area contributed by atoms with Crippen molar-refractivity contribution >= 4 is 28.3 Å². The van der Waals surface area contributed by atoms with Crippen molar-refractivity contribution in [3.8, 4) is 5.75 Å². The molecule has 0 aliphatic rings. The first-order valence-corrected chi connectivity index (χ1v) is 10.4. The maximum Gasteiger partial charge on any atom is 0.350 e. The molecule has 0 spiro atoms. The lowest BCUT2D eigenvalue weighted by atomic mass is 10.1. The molecule has 0 saturated heterocycles. The minimum absolute atomic E-state index is 0.115. The summed E-state index contributed by atoms with van der Waals surface area (Å²) in [5, 5.41) is 0.479. The molecule has 0 fully saturated rings. The molecule has 30 heavy (non-hydrogen) atoms. The predicted molar refractivity (Wildman–Crippen MR) is 117 cm³/mol. The van der Waals surface area contributed by atoms with E-state index in [0.29, 0.717) is 28.0 Å². The van der Waals surface area contributed by atoms with Crippen molar-refractivity contribution in [2.75, 3.05) is 18.6 Å². The van der Waals surface area contributed by atoms with Gasteiger partial charge in [0.2, 0.25) is 5.91 Å². The SMILES string of the molecule is CCOC(=O)c1sc(N(Cc2ccccc2)C(=O)Cc2cccc(OC)c2)nc1C. The highest BCUT2D eigenvalue weighted by Crippen LogP contribution is 2.29. The average Bonchev–Trinajstić information content (AvgIpc) is 3.14. The van der Waals surface area contributed by atoms with E-state index in [0.717, 1.165) is 11.1 Å². The number of amides is 1. The first-order valence-electron chi connectivity index (χ1n) is 9.63. The Bertz CT molecular complexity index is 1020. The third-order valence-corrected chi connectivity index (χ3v) is 5.61. The number of hydrogen-bond donors (Lipinski definition) is 0. The quantitative estimate of drug-likeness (QED) is 0.501. The van der Waals surface area contributed by atoms with Gasteiger partial charge in [0.1, 0.15) is 10.6 Å². The lowest BCUT2D eigenvalue weighted by Gasteiger charge is -2.20. The number of carbonyl (C=O) groups is 2. The molecule has 156 valence electrons. The van der Waals surface area contributed by atoms with E-state index < -0.39 is 5.97 Å². The Hall–Kier alpha value is -3.19. The fraction of sp³-hybridized carbons (Fsp3) is 0.261. The standard InChI is InChI=1S/C23H24N2O4S/c1-4-29-22(27)21-16(2)24-23(30-21)25(15-17-9-6-5-7-10-17)20(26)14-18-11-8-12-19(13-18)28-3/h5-13H,4,14-15H2,1-3H3. The van der Waals surface area contributed by atoms with Crippen LogP contribution in [0.2, 0.25) is 0 Å². The molecule has 2 aromatic carbocycles. The molecule has 3 aromatic rings. The molecule has 1 amide bonds. The number of rotatable bonds is 8. The van der Waals surface area contributed by atoms with Crippen LogP contribution in [-0.2, 0) is 22.5 Å². The van der Waals surface area contributed by atoms with Crippen LogP contribution in [0.3, 0.4) is 0 Å². The molecule has 3 rings (SSSR count). The number of methoxy groups -OCH3 is 1. The molecule has 0 radical (unpaired) electrons. The highest BCUT2D eigenvalue weighted by molar-refractivity contribution is 7.17. The summed E-state index contributed by atoms with van der Waals surface area (Å²) in [6, 6.07) is 17.1. The van der Waals surface area contributed by atoms with E-state index >= 15 is 0 Å². The van der Waals surface area contributed by atoms with Crippen molar-refractivity contribution in [2.24, 2.45) is 0 Å². The van der Waals surface area contributed by atoms with Crippen LogP contribution in [0.1, 0.15) is 33.4 Å².